The molecule has 3 aromatic rings. The number of fused-ring (bicyclic) bond motifs is 3. The number of nitrogens with one attached hydrogen (secondary N) is 2. The Morgan fingerprint density at radius 2 is 1.89 bits per heavy atom. The zero-order valence-electron chi connectivity index (χ0n) is 19.5. The number of hydrogen-bond donors (Lipinski definition) is 2. The van der Waals surface area contributed by atoms with Crippen LogP contribution in [0.3, 0.4) is 0 Å². The fourth-order valence-electron chi connectivity index (χ4n) is 5.17. The molecule has 1 aromatic heterocycles. The minimum atomic E-state index is -4.65. The van der Waals surface area contributed by atoms with Gasteiger partial charge in [0, 0.05) is 29.2 Å². The first-order valence-electron chi connectivity index (χ1n) is 11.9. The second kappa shape index (κ2) is 9.36. The Balaban J connectivity index is 1.39. The lowest BCUT2D eigenvalue weighted by Gasteiger charge is -2.36. The van der Waals surface area contributed by atoms with Gasteiger partial charge < -0.3 is 24.7 Å². The SMILES string of the molecule is COc1ccc2[nH]c3c(c2c1)CCN(C(=O)Nc1cccc(OC2CCCCC2)c1)C3C(F)(F)F. The summed E-state index contributed by atoms with van der Waals surface area (Å²) < 4.78 is 54.1. The van der Waals surface area contributed by atoms with E-state index in [0.717, 1.165) is 30.6 Å². The number of methoxy groups -OCH3 is 1. The van der Waals surface area contributed by atoms with Crippen LogP contribution in [0.25, 0.3) is 10.9 Å². The number of carbonyl (C=O) groups excluding carboxylic acids is 1. The number of halogens is 3. The van der Waals surface area contributed by atoms with E-state index in [4.69, 9.17) is 9.47 Å². The summed E-state index contributed by atoms with van der Waals surface area (Å²) >= 11 is 0. The number of aromatic amines is 1. The van der Waals surface area contributed by atoms with Crippen molar-refractivity contribution in [2.75, 3.05) is 19.0 Å². The molecule has 5 rings (SSSR count). The fraction of sp³-hybridized carbons (Fsp3) is 0.423. The van der Waals surface area contributed by atoms with E-state index in [-0.39, 0.29) is 18.3 Å². The number of ether oxygens (including phenoxy) is 2. The minimum Gasteiger partial charge on any atom is -0.497 e. The summed E-state index contributed by atoms with van der Waals surface area (Å²) in [5, 5.41) is 3.33. The number of nitrogens with zero attached hydrogens (tertiary/aromatic N) is 1. The maximum absolute atomic E-state index is 14.3. The van der Waals surface area contributed by atoms with Crippen molar-refractivity contribution in [3.05, 3.63) is 53.7 Å². The average Bonchev–Trinajstić information content (AvgIpc) is 3.21. The number of alkyl halides is 3. The number of urea groups is 1. The molecule has 1 fully saturated rings. The first-order valence-corrected chi connectivity index (χ1v) is 11.9. The number of hydrogen-bond acceptors (Lipinski definition) is 3. The van der Waals surface area contributed by atoms with E-state index in [1.165, 1.54) is 13.5 Å². The molecule has 0 radical (unpaired) electrons. The van der Waals surface area contributed by atoms with E-state index >= 15 is 0 Å². The highest BCUT2D eigenvalue weighted by Gasteiger charge is 2.50. The van der Waals surface area contributed by atoms with Crippen molar-refractivity contribution in [2.45, 2.75) is 56.8 Å². The molecule has 186 valence electrons. The van der Waals surface area contributed by atoms with Gasteiger partial charge in [-0.3, -0.25) is 0 Å². The van der Waals surface area contributed by atoms with Crippen LogP contribution in [0, 0.1) is 0 Å². The summed E-state index contributed by atoms with van der Waals surface area (Å²) in [6.07, 6.45) is 1.20. The average molecular weight is 488 g/mol. The normalized spacial score (nSPS) is 18.9. The second-order valence-electron chi connectivity index (χ2n) is 9.15. The number of carbonyl (C=O) groups is 1. The van der Waals surface area contributed by atoms with Gasteiger partial charge in [0.1, 0.15) is 11.5 Å². The Hall–Kier alpha value is -3.36. The predicted octanol–water partition coefficient (Wildman–Crippen LogP) is 6.58. The molecule has 6 nitrogen and oxygen atoms in total. The number of benzene rings is 2. The molecule has 0 saturated heterocycles. The molecule has 1 aliphatic carbocycles. The molecule has 1 aliphatic heterocycles. The summed E-state index contributed by atoms with van der Waals surface area (Å²) in [6, 6.07) is 9.09. The van der Waals surface area contributed by atoms with Gasteiger partial charge in [-0.15, -0.1) is 0 Å². The molecule has 9 heteroatoms. The maximum Gasteiger partial charge on any atom is 0.414 e. The van der Waals surface area contributed by atoms with Crippen molar-refractivity contribution < 1.29 is 27.4 Å². The molecule has 1 saturated carbocycles. The summed E-state index contributed by atoms with van der Waals surface area (Å²) in [6.45, 7) is -0.0640. The monoisotopic (exact) mass is 487 g/mol. The zero-order chi connectivity index (χ0) is 24.6. The lowest BCUT2D eigenvalue weighted by atomic mass is 9.97. The van der Waals surface area contributed by atoms with Gasteiger partial charge in [-0.1, -0.05) is 12.5 Å². The predicted molar refractivity (Wildman–Crippen MR) is 127 cm³/mol. The molecule has 2 amide bonds. The van der Waals surface area contributed by atoms with E-state index in [2.05, 4.69) is 10.3 Å². The Labute approximate surface area is 201 Å². The molecule has 2 aliphatic rings. The third-order valence-electron chi connectivity index (χ3n) is 6.85. The number of rotatable bonds is 4. The molecule has 0 spiro atoms. The molecule has 35 heavy (non-hydrogen) atoms. The molecular weight excluding hydrogens is 459 g/mol. The van der Waals surface area contributed by atoms with E-state index in [1.54, 1.807) is 42.5 Å². The van der Waals surface area contributed by atoms with Crippen LogP contribution in [-0.4, -0.2) is 41.8 Å². The highest BCUT2D eigenvalue weighted by molar-refractivity contribution is 5.91. The van der Waals surface area contributed by atoms with Crippen LogP contribution in [0.15, 0.2) is 42.5 Å². The van der Waals surface area contributed by atoms with Gasteiger partial charge in [-0.05, 0) is 68.0 Å². The largest absolute Gasteiger partial charge is 0.497 e. The van der Waals surface area contributed by atoms with E-state index < -0.39 is 18.2 Å². The first-order chi connectivity index (χ1) is 16.8. The Bertz CT molecular complexity index is 1220. The third kappa shape index (κ3) is 4.76. The van der Waals surface area contributed by atoms with Crippen LogP contribution in [0.4, 0.5) is 23.7 Å². The van der Waals surface area contributed by atoms with Crippen LogP contribution in [0.2, 0.25) is 0 Å². The van der Waals surface area contributed by atoms with Crippen LogP contribution >= 0.6 is 0 Å². The molecule has 1 unspecified atom stereocenters. The van der Waals surface area contributed by atoms with Crippen LogP contribution < -0.4 is 14.8 Å². The lowest BCUT2D eigenvalue weighted by molar-refractivity contribution is -0.180. The number of amides is 2. The summed E-state index contributed by atoms with van der Waals surface area (Å²) in [7, 11) is 1.51. The molecule has 0 bridgehead atoms. The number of anilines is 1. The minimum absolute atomic E-state index is 0.00321. The van der Waals surface area contributed by atoms with Gasteiger partial charge in [-0.25, -0.2) is 4.79 Å². The lowest BCUT2D eigenvalue weighted by Crippen LogP contribution is -2.48. The quantitative estimate of drug-likeness (QED) is 0.437. The van der Waals surface area contributed by atoms with E-state index in [1.807, 2.05) is 0 Å². The summed E-state index contributed by atoms with van der Waals surface area (Å²) in [4.78, 5) is 16.9. The third-order valence-corrected chi connectivity index (χ3v) is 6.85. The standard InChI is InChI=1S/C26H28F3N3O3/c1-34-18-10-11-22-21(15-18)20-12-13-32(24(23(20)31-22)26(27,28)29)25(33)30-16-6-5-9-19(14-16)35-17-7-3-2-4-8-17/h5-6,9-11,14-15,17,24,31H,2-4,7-8,12-13H2,1H3,(H,30,33). The fourth-order valence-corrected chi connectivity index (χ4v) is 5.17. The van der Waals surface area contributed by atoms with Crippen molar-refractivity contribution in [1.82, 2.24) is 9.88 Å². The molecule has 2 heterocycles. The van der Waals surface area contributed by atoms with Crippen molar-refractivity contribution in [2.24, 2.45) is 0 Å². The number of aromatic nitrogens is 1. The Morgan fingerprint density at radius 3 is 2.63 bits per heavy atom. The topological polar surface area (TPSA) is 66.6 Å². The highest BCUT2D eigenvalue weighted by Crippen LogP contribution is 2.44. The van der Waals surface area contributed by atoms with Crippen LogP contribution in [-0.2, 0) is 6.42 Å². The van der Waals surface area contributed by atoms with Crippen molar-refractivity contribution in [3.63, 3.8) is 0 Å². The van der Waals surface area contributed by atoms with Gasteiger partial charge >= 0.3 is 12.2 Å². The molecular formula is C26H28F3N3O3. The molecule has 2 aromatic carbocycles. The highest BCUT2D eigenvalue weighted by atomic mass is 19.4. The van der Waals surface area contributed by atoms with Crippen molar-refractivity contribution in [3.8, 4) is 11.5 Å². The van der Waals surface area contributed by atoms with Gasteiger partial charge in [0.05, 0.1) is 18.9 Å². The van der Waals surface area contributed by atoms with Crippen LogP contribution in [0.1, 0.15) is 49.4 Å². The van der Waals surface area contributed by atoms with Gasteiger partial charge in [0.15, 0.2) is 6.04 Å². The smallest absolute Gasteiger partial charge is 0.414 e. The van der Waals surface area contributed by atoms with E-state index in [9.17, 15) is 18.0 Å². The second-order valence-corrected chi connectivity index (χ2v) is 9.15. The van der Waals surface area contributed by atoms with Crippen LogP contribution in [0.5, 0.6) is 11.5 Å². The zero-order valence-corrected chi connectivity index (χ0v) is 19.5. The number of H-pyrrole nitrogens is 1. The van der Waals surface area contributed by atoms with Gasteiger partial charge in [-0.2, -0.15) is 13.2 Å². The Morgan fingerprint density at radius 1 is 1.09 bits per heavy atom. The molecule has 1 atom stereocenters. The van der Waals surface area contributed by atoms with Gasteiger partial charge in [0.2, 0.25) is 0 Å². The Kier molecular flexibility index (Phi) is 6.25. The maximum atomic E-state index is 14.3. The van der Waals surface area contributed by atoms with Crippen molar-refractivity contribution in [1.29, 1.82) is 0 Å². The first kappa shape index (κ1) is 23.4. The summed E-state index contributed by atoms with van der Waals surface area (Å²) in [5.41, 5.74) is 1.54. The van der Waals surface area contributed by atoms with Gasteiger partial charge in [0.25, 0.3) is 0 Å². The van der Waals surface area contributed by atoms with Crippen molar-refractivity contribution >= 4 is 22.6 Å². The van der Waals surface area contributed by atoms with E-state index in [0.29, 0.717) is 40.1 Å². The summed E-state index contributed by atoms with van der Waals surface area (Å²) in [5.74, 6) is 1.17. The molecule has 2 N–H and O–H groups in total.